The van der Waals surface area contributed by atoms with Crippen molar-refractivity contribution >= 4 is 40.2 Å². The van der Waals surface area contributed by atoms with Crippen molar-refractivity contribution in [2.24, 2.45) is 0 Å². The van der Waals surface area contributed by atoms with Gasteiger partial charge in [-0.3, -0.25) is 4.79 Å². The molecule has 2 heterocycles. The maximum atomic E-state index is 14.0. The number of benzene rings is 2. The third-order valence-electron chi connectivity index (χ3n) is 4.95. The maximum Gasteiger partial charge on any atom is 0.419 e. The Labute approximate surface area is 194 Å². The van der Waals surface area contributed by atoms with Gasteiger partial charge in [-0.25, -0.2) is 9.37 Å². The van der Waals surface area contributed by atoms with E-state index < -0.39 is 23.5 Å². The molecule has 10 heteroatoms. The van der Waals surface area contributed by atoms with Crippen LogP contribution in [0.1, 0.15) is 27.5 Å². The number of hydrogen-bond donors (Lipinski definition) is 1. The molecule has 0 saturated heterocycles. The van der Waals surface area contributed by atoms with Gasteiger partial charge in [-0.2, -0.15) is 13.2 Å². The summed E-state index contributed by atoms with van der Waals surface area (Å²) >= 11 is 2.95. The van der Waals surface area contributed by atoms with Gasteiger partial charge in [0.05, 0.1) is 5.56 Å². The van der Waals surface area contributed by atoms with Gasteiger partial charge in [0.25, 0.3) is 0 Å². The summed E-state index contributed by atoms with van der Waals surface area (Å²) in [5.41, 5.74) is 2.05. The van der Waals surface area contributed by atoms with Gasteiger partial charge in [0.1, 0.15) is 17.8 Å². The number of nitrogens with zero attached hydrogens (tertiary/aromatic N) is 1. The highest BCUT2D eigenvalue weighted by atomic mass is 32.2. The quantitative estimate of drug-likeness (QED) is 0.225. The Morgan fingerprint density at radius 3 is 2.58 bits per heavy atom. The second kappa shape index (κ2) is 8.83. The maximum absolute atomic E-state index is 14.0. The summed E-state index contributed by atoms with van der Waals surface area (Å²) in [5.74, 6) is -1.57. The van der Waals surface area contributed by atoms with Crippen molar-refractivity contribution in [3.05, 3.63) is 69.7 Å². The minimum atomic E-state index is -4.73. The number of aryl methyl sites for hydroxylation is 2. The minimum Gasteiger partial charge on any atom is -0.481 e. The van der Waals surface area contributed by atoms with Gasteiger partial charge < -0.3 is 9.52 Å². The molecular weight excluding hydrogens is 478 g/mol. The summed E-state index contributed by atoms with van der Waals surface area (Å²) < 4.78 is 58.0. The molecule has 4 aromatic rings. The fourth-order valence-corrected chi connectivity index (χ4v) is 5.71. The van der Waals surface area contributed by atoms with E-state index in [-0.39, 0.29) is 12.3 Å². The van der Waals surface area contributed by atoms with E-state index in [1.54, 1.807) is 11.8 Å². The molecule has 0 fully saturated rings. The van der Waals surface area contributed by atoms with E-state index in [1.807, 2.05) is 32.0 Å². The van der Waals surface area contributed by atoms with Gasteiger partial charge >= 0.3 is 12.1 Å². The van der Waals surface area contributed by atoms with Crippen molar-refractivity contribution in [3.63, 3.8) is 0 Å². The van der Waals surface area contributed by atoms with E-state index in [0.29, 0.717) is 27.3 Å². The van der Waals surface area contributed by atoms with Crippen LogP contribution in [0.2, 0.25) is 0 Å². The number of carboxylic acid groups (broad SMARTS) is 1. The van der Waals surface area contributed by atoms with Gasteiger partial charge in [-0.1, -0.05) is 6.07 Å². The average Bonchev–Trinajstić information content (AvgIpc) is 3.28. The molecule has 4 nitrogen and oxygen atoms in total. The molecule has 2 aromatic heterocycles. The number of rotatable bonds is 6. The Balaban J connectivity index is 1.53. The third kappa shape index (κ3) is 5.06. The second-order valence-corrected chi connectivity index (χ2v) is 9.65. The summed E-state index contributed by atoms with van der Waals surface area (Å²) in [6.45, 7) is 3.76. The Bertz CT molecular complexity index is 1360. The second-order valence-electron chi connectivity index (χ2n) is 7.46. The highest BCUT2D eigenvalue weighted by molar-refractivity contribution is 7.98. The van der Waals surface area contributed by atoms with Crippen LogP contribution in [0, 0.1) is 19.7 Å². The SMILES string of the molecule is Cc1cc(-c2ccc(C(F)(F)F)c(F)c2)sc1CSc1cc(C)c2oc(CC(=O)O)nc2c1. The Kier molecular flexibility index (Phi) is 6.24. The van der Waals surface area contributed by atoms with Gasteiger partial charge in [-0.05, 0) is 60.9 Å². The monoisotopic (exact) mass is 495 g/mol. The van der Waals surface area contributed by atoms with Crippen LogP contribution in [0.5, 0.6) is 0 Å². The Morgan fingerprint density at radius 1 is 1.15 bits per heavy atom. The molecule has 0 atom stereocenters. The molecule has 0 radical (unpaired) electrons. The fraction of sp³-hybridized carbons (Fsp3) is 0.217. The standard InChI is InChI=1S/C23H17F4NO3S2/c1-11-6-18(13-3-4-15(16(24)7-13)23(25,26)27)33-19(11)10-32-14-5-12(2)22-17(8-14)28-20(31-22)9-21(29)30/h3-8H,9-10H2,1-2H3,(H,29,30). The number of hydrogen-bond acceptors (Lipinski definition) is 5. The lowest BCUT2D eigenvalue weighted by Gasteiger charge is -2.08. The first-order valence-corrected chi connectivity index (χ1v) is 11.5. The molecule has 0 aliphatic heterocycles. The van der Waals surface area contributed by atoms with Gasteiger partial charge in [0, 0.05) is 20.4 Å². The Morgan fingerprint density at radius 2 is 1.91 bits per heavy atom. The van der Waals surface area contributed by atoms with Crippen LogP contribution >= 0.6 is 23.1 Å². The average molecular weight is 496 g/mol. The lowest BCUT2D eigenvalue weighted by Crippen LogP contribution is -2.07. The summed E-state index contributed by atoms with van der Waals surface area (Å²) in [6, 6.07) is 8.57. The first kappa shape index (κ1) is 23.3. The first-order chi connectivity index (χ1) is 15.5. The zero-order valence-corrected chi connectivity index (χ0v) is 19.1. The van der Waals surface area contributed by atoms with E-state index in [4.69, 9.17) is 9.52 Å². The highest BCUT2D eigenvalue weighted by Gasteiger charge is 2.34. The van der Waals surface area contributed by atoms with Gasteiger partial charge in [0.2, 0.25) is 5.89 Å². The van der Waals surface area contributed by atoms with Crippen LogP contribution in [0.25, 0.3) is 21.5 Å². The van der Waals surface area contributed by atoms with E-state index in [2.05, 4.69) is 4.98 Å². The number of thiophene rings is 1. The summed E-state index contributed by atoms with van der Waals surface area (Å²) in [6.07, 6.45) is -5.02. The number of carbonyl (C=O) groups is 1. The topological polar surface area (TPSA) is 63.3 Å². The number of halogens is 4. The van der Waals surface area contributed by atoms with Crippen LogP contribution in [0.4, 0.5) is 17.6 Å². The molecule has 0 saturated carbocycles. The molecule has 33 heavy (non-hydrogen) atoms. The van der Waals surface area contributed by atoms with E-state index >= 15 is 0 Å². The van der Waals surface area contributed by atoms with E-state index in [0.717, 1.165) is 33.0 Å². The Hall–Kier alpha value is -2.85. The number of aliphatic carboxylic acids is 1. The van der Waals surface area contributed by atoms with Crippen molar-refractivity contribution in [2.45, 2.75) is 37.1 Å². The molecule has 0 aliphatic rings. The number of thioether (sulfide) groups is 1. The summed E-state index contributed by atoms with van der Waals surface area (Å²) in [5, 5.41) is 8.93. The molecule has 4 rings (SSSR count). The van der Waals surface area contributed by atoms with E-state index in [9.17, 15) is 22.4 Å². The van der Waals surface area contributed by atoms with Crippen LogP contribution in [-0.2, 0) is 23.1 Å². The van der Waals surface area contributed by atoms with Crippen molar-refractivity contribution in [1.82, 2.24) is 4.98 Å². The van der Waals surface area contributed by atoms with Crippen molar-refractivity contribution in [3.8, 4) is 10.4 Å². The lowest BCUT2D eigenvalue weighted by atomic mass is 10.1. The molecule has 1 N–H and O–H groups in total. The zero-order valence-electron chi connectivity index (χ0n) is 17.4. The largest absolute Gasteiger partial charge is 0.481 e. The van der Waals surface area contributed by atoms with Crippen molar-refractivity contribution in [1.29, 1.82) is 0 Å². The molecule has 0 unspecified atom stereocenters. The summed E-state index contributed by atoms with van der Waals surface area (Å²) in [7, 11) is 0. The van der Waals surface area contributed by atoms with Crippen LogP contribution in [-0.4, -0.2) is 16.1 Å². The smallest absolute Gasteiger partial charge is 0.419 e. The molecule has 2 aromatic carbocycles. The van der Waals surface area contributed by atoms with Crippen LogP contribution in [0.15, 0.2) is 45.7 Å². The lowest BCUT2D eigenvalue weighted by molar-refractivity contribution is -0.140. The number of carboxylic acids is 1. The number of aromatic nitrogens is 1. The van der Waals surface area contributed by atoms with Crippen LogP contribution < -0.4 is 0 Å². The molecule has 0 bridgehead atoms. The fourth-order valence-electron chi connectivity index (χ4n) is 3.35. The molecule has 0 aliphatic carbocycles. The molecule has 172 valence electrons. The van der Waals surface area contributed by atoms with E-state index in [1.165, 1.54) is 17.4 Å². The minimum absolute atomic E-state index is 0.144. The van der Waals surface area contributed by atoms with Crippen molar-refractivity contribution < 1.29 is 31.9 Å². The predicted molar refractivity (Wildman–Crippen MR) is 119 cm³/mol. The number of alkyl halides is 3. The number of fused-ring (bicyclic) bond motifs is 1. The zero-order chi connectivity index (χ0) is 23.9. The molecule has 0 spiro atoms. The summed E-state index contributed by atoms with van der Waals surface area (Å²) in [4.78, 5) is 17.8. The third-order valence-corrected chi connectivity index (χ3v) is 7.42. The van der Waals surface area contributed by atoms with Gasteiger partial charge in [0.15, 0.2) is 5.58 Å². The predicted octanol–water partition coefficient (Wildman–Crippen LogP) is 7.25. The van der Waals surface area contributed by atoms with Crippen molar-refractivity contribution in [2.75, 3.05) is 0 Å². The van der Waals surface area contributed by atoms with Crippen LogP contribution in [0.3, 0.4) is 0 Å². The highest BCUT2D eigenvalue weighted by Crippen LogP contribution is 2.38. The number of oxazole rings is 1. The molecule has 0 amide bonds. The molecular formula is C23H17F4NO3S2. The normalized spacial score (nSPS) is 11.9. The van der Waals surface area contributed by atoms with Gasteiger partial charge in [-0.15, -0.1) is 23.1 Å². The first-order valence-electron chi connectivity index (χ1n) is 9.72.